The van der Waals surface area contributed by atoms with E-state index in [1.807, 2.05) is 6.07 Å². The highest BCUT2D eigenvalue weighted by molar-refractivity contribution is 9.11. The van der Waals surface area contributed by atoms with Crippen LogP contribution in [0.1, 0.15) is 12.1 Å². The molecule has 0 bridgehead atoms. The standard InChI is InChI=1S/C8H6Br2N2/c9-6-4-7(10)8(12-5-6)2-1-3-11/h4-5H,1-2H2. The van der Waals surface area contributed by atoms with Crippen LogP contribution in [0.3, 0.4) is 0 Å². The van der Waals surface area contributed by atoms with Crippen LogP contribution in [-0.4, -0.2) is 4.98 Å². The van der Waals surface area contributed by atoms with Gasteiger partial charge in [-0.15, -0.1) is 0 Å². The van der Waals surface area contributed by atoms with Crippen LogP contribution < -0.4 is 0 Å². The van der Waals surface area contributed by atoms with Gasteiger partial charge in [0.05, 0.1) is 11.8 Å². The molecule has 1 rings (SSSR count). The van der Waals surface area contributed by atoms with Crippen LogP contribution in [-0.2, 0) is 6.42 Å². The summed E-state index contributed by atoms with van der Waals surface area (Å²) >= 11 is 6.68. The van der Waals surface area contributed by atoms with Gasteiger partial charge >= 0.3 is 0 Å². The summed E-state index contributed by atoms with van der Waals surface area (Å²) in [5.41, 5.74) is 0.930. The fourth-order valence-electron chi connectivity index (χ4n) is 0.801. The van der Waals surface area contributed by atoms with Gasteiger partial charge in [-0.05, 0) is 37.9 Å². The molecule has 0 aliphatic rings. The molecular formula is C8H6Br2N2. The van der Waals surface area contributed by atoms with E-state index in [9.17, 15) is 0 Å². The molecule has 0 N–H and O–H groups in total. The number of halogens is 2. The molecule has 1 heterocycles. The summed E-state index contributed by atoms with van der Waals surface area (Å²) in [4.78, 5) is 4.17. The predicted octanol–water partition coefficient (Wildman–Crippen LogP) is 3.06. The summed E-state index contributed by atoms with van der Waals surface area (Å²) in [5, 5.41) is 8.37. The highest BCUT2D eigenvalue weighted by atomic mass is 79.9. The average molecular weight is 290 g/mol. The molecule has 4 heteroatoms. The van der Waals surface area contributed by atoms with E-state index in [0.29, 0.717) is 12.8 Å². The summed E-state index contributed by atoms with van der Waals surface area (Å²) in [6.07, 6.45) is 2.94. The van der Waals surface area contributed by atoms with Crippen LogP contribution in [0.15, 0.2) is 21.2 Å². The summed E-state index contributed by atoms with van der Waals surface area (Å²) in [6, 6.07) is 4.02. The molecule has 12 heavy (non-hydrogen) atoms. The van der Waals surface area contributed by atoms with Gasteiger partial charge in [-0.1, -0.05) is 0 Å². The number of rotatable bonds is 2. The second kappa shape index (κ2) is 4.58. The molecule has 0 saturated heterocycles. The first-order valence-corrected chi connectivity index (χ1v) is 4.99. The SMILES string of the molecule is N#CCCc1ncc(Br)cc1Br. The number of aryl methyl sites for hydroxylation is 1. The van der Waals surface area contributed by atoms with Gasteiger partial charge in [0.25, 0.3) is 0 Å². The molecular weight excluding hydrogens is 284 g/mol. The van der Waals surface area contributed by atoms with Crippen LogP contribution in [0.25, 0.3) is 0 Å². The third kappa shape index (κ3) is 2.58. The number of aromatic nitrogens is 1. The zero-order valence-electron chi connectivity index (χ0n) is 6.22. The zero-order valence-corrected chi connectivity index (χ0v) is 9.39. The Labute approximate surface area is 87.9 Å². The molecule has 0 aliphatic carbocycles. The summed E-state index contributed by atoms with van der Waals surface area (Å²) in [5.74, 6) is 0. The maximum absolute atomic E-state index is 8.37. The molecule has 0 atom stereocenters. The van der Waals surface area contributed by atoms with Crippen molar-refractivity contribution >= 4 is 31.9 Å². The van der Waals surface area contributed by atoms with Crippen LogP contribution in [0, 0.1) is 11.3 Å². The maximum atomic E-state index is 8.37. The quantitative estimate of drug-likeness (QED) is 0.839. The van der Waals surface area contributed by atoms with E-state index < -0.39 is 0 Å². The summed E-state index contributed by atoms with van der Waals surface area (Å²) in [7, 11) is 0. The van der Waals surface area contributed by atoms with Gasteiger partial charge in [0.1, 0.15) is 0 Å². The van der Waals surface area contributed by atoms with Gasteiger partial charge in [0.15, 0.2) is 0 Å². The molecule has 62 valence electrons. The second-order valence-corrected chi connectivity index (χ2v) is 4.01. The molecule has 0 amide bonds. The molecule has 0 aromatic carbocycles. The fourth-order valence-corrected chi connectivity index (χ4v) is 1.99. The minimum atomic E-state index is 0.507. The lowest BCUT2D eigenvalue weighted by Crippen LogP contribution is -1.90. The Bertz CT molecular complexity index is 317. The zero-order chi connectivity index (χ0) is 8.97. The van der Waals surface area contributed by atoms with Crippen molar-refractivity contribution in [2.45, 2.75) is 12.8 Å². The van der Waals surface area contributed by atoms with Crippen molar-refractivity contribution in [2.75, 3.05) is 0 Å². The Morgan fingerprint density at radius 1 is 1.50 bits per heavy atom. The fraction of sp³-hybridized carbons (Fsp3) is 0.250. The first kappa shape index (κ1) is 9.69. The first-order chi connectivity index (χ1) is 5.74. The number of nitriles is 1. The smallest absolute Gasteiger partial charge is 0.0625 e. The molecule has 0 spiro atoms. The van der Waals surface area contributed by atoms with E-state index in [2.05, 4.69) is 42.9 Å². The Balaban J connectivity index is 2.81. The van der Waals surface area contributed by atoms with Crippen LogP contribution in [0.4, 0.5) is 0 Å². The van der Waals surface area contributed by atoms with Crippen molar-refractivity contribution in [3.8, 4) is 6.07 Å². The monoisotopic (exact) mass is 288 g/mol. The lowest BCUT2D eigenvalue weighted by atomic mass is 10.2. The van der Waals surface area contributed by atoms with Crippen LogP contribution >= 0.6 is 31.9 Å². The van der Waals surface area contributed by atoms with E-state index in [1.165, 1.54) is 0 Å². The summed E-state index contributed by atoms with van der Waals surface area (Å²) < 4.78 is 1.89. The molecule has 0 radical (unpaired) electrons. The van der Waals surface area contributed by atoms with Gasteiger partial charge < -0.3 is 0 Å². The van der Waals surface area contributed by atoms with Gasteiger partial charge in [0, 0.05) is 28.0 Å². The van der Waals surface area contributed by atoms with Gasteiger partial charge in [0.2, 0.25) is 0 Å². The molecule has 0 unspecified atom stereocenters. The first-order valence-electron chi connectivity index (χ1n) is 3.41. The van der Waals surface area contributed by atoms with E-state index in [1.54, 1.807) is 6.20 Å². The van der Waals surface area contributed by atoms with E-state index in [-0.39, 0.29) is 0 Å². The maximum Gasteiger partial charge on any atom is 0.0625 e. The third-order valence-corrected chi connectivity index (χ3v) is 2.48. The largest absolute Gasteiger partial charge is 0.259 e. The molecule has 2 nitrogen and oxygen atoms in total. The number of nitrogens with zero attached hydrogens (tertiary/aromatic N) is 2. The molecule has 0 saturated carbocycles. The normalized spacial score (nSPS) is 9.42. The van der Waals surface area contributed by atoms with Crippen molar-refractivity contribution in [2.24, 2.45) is 0 Å². The lowest BCUT2D eigenvalue weighted by Gasteiger charge is -1.99. The van der Waals surface area contributed by atoms with Crippen molar-refractivity contribution in [1.82, 2.24) is 4.98 Å². The van der Waals surface area contributed by atoms with E-state index in [4.69, 9.17) is 5.26 Å². The van der Waals surface area contributed by atoms with Crippen molar-refractivity contribution < 1.29 is 0 Å². The van der Waals surface area contributed by atoms with Gasteiger partial charge in [-0.3, -0.25) is 4.98 Å². The third-order valence-electron chi connectivity index (χ3n) is 1.36. The minimum Gasteiger partial charge on any atom is -0.259 e. The van der Waals surface area contributed by atoms with Crippen molar-refractivity contribution in [3.05, 3.63) is 26.9 Å². The number of hydrogen-bond donors (Lipinski definition) is 0. The summed E-state index contributed by atoms with van der Waals surface area (Å²) in [6.45, 7) is 0. The van der Waals surface area contributed by atoms with Crippen LogP contribution in [0.5, 0.6) is 0 Å². The molecule has 1 aromatic rings. The van der Waals surface area contributed by atoms with E-state index >= 15 is 0 Å². The number of hydrogen-bond acceptors (Lipinski definition) is 2. The Morgan fingerprint density at radius 2 is 2.25 bits per heavy atom. The Hall–Kier alpha value is -0.400. The van der Waals surface area contributed by atoms with Crippen molar-refractivity contribution in [3.63, 3.8) is 0 Å². The Morgan fingerprint density at radius 3 is 2.83 bits per heavy atom. The van der Waals surface area contributed by atoms with E-state index in [0.717, 1.165) is 14.6 Å². The predicted molar refractivity (Wildman–Crippen MR) is 53.6 cm³/mol. The second-order valence-electron chi connectivity index (χ2n) is 2.24. The van der Waals surface area contributed by atoms with Gasteiger partial charge in [-0.25, -0.2) is 0 Å². The minimum absolute atomic E-state index is 0.507. The highest BCUT2D eigenvalue weighted by Gasteiger charge is 2.00. The molecule has 0 aliphatic heterocycles. The van der Waals surface area contributed by atoms with Crippen LogP contribution in [0.2, 0.25) is 0 Å². The van der Waals surface area contributed by atoms with Crippen molar-refractivity contribution in [1.29, 1.82) is 5.26 Å². The number of pyridine rings is 1. The molecule has 0 fully saturated rings. The lowest BCUT2D eigenvalue weighted by molar-refractivity contribution is 0.940. The average Bonchev–Trinajstić information content (AvgIpc) is 2.03. The molecule has 1 aromatic heterocycles. The highest BCUT2D eigenvalue weighted by Crippen LogP contribution is 2.20. The Kier molecular flexibility index (Phi) is 3.70. The van der Waals surface area contributed by atoms with Gasteiger partial charge in [-0.2, -0.15) is 5.26 Å². The topological polar surface area (TPSA) is 36.7 Å².